The Hall–Kier alpha value is -1.42. The van der Waals surface area contributed by atoms with Gasteiger partial charge in [0.05, 0.1) is 0 Å². The van der Waals surface area contributed by atoms with E-state index in [1.54, 1.807) is 0 Å². The third kappa shape index (κ3) is 12.6. The quantitative estimate of drug-likeness (QED) is 0.446. The van der Waals surface area contributed by atoms with Crippen LogP contribution < -0.4 is 0 Å². The Balaban J connectivity index is -0.000000180. The molecule has 0 heterocycles. The van der Waals surface area contributed by atoms with E-state index >= 15 is 0 Å². The Morgan fingerprint density at radius 1 is 0.600 bits per heavy atom. The zero-order chi connectivity index (χ0) is 11.8. The average molecular weight is 226 g/mol. The van der Waals surface area contributed by atoms with Crippen molar-refractivity contribution in [3.63, 3.8) is 0 Å². The number of hydrogen-bond acceptors (Lipinski definition) is 4. The van der Waals surface area contributed by atoms with E-state index in [1.807, 2.05) is 0 Å². The van der Waals surface area contributed by atoms with Crippen molar-refractivity contribution in [3.05, 3.63) is 0 Å². The molecule has 0 radical (unpaired) electrons. The molecule has 0 atom stereocenters. The smallest absolute Gasteiger partial charge is 0.453 e. The van der Waals surface area contributed by atoms with E-state index in [0.717, 1.165) is 0 Å². The zero-order valence-corrected chi connectivity index (χ0v) is 8.58. The molecule has 72 valence electrons. The minimum Gasteiger partial charge on any atom is -0.453 e. The molecule has 4 nitrogen and oxygen atoms in total. The van der Waals surface area contributed by atoms with Crippen LogP contribution in [0.3, 0.4) is 0 Å². The molecule has 0 amide bonds. The van der Waals surface area contributed by atoms with Crippen molar-refractivity contribution < 1.29 is 17.3 Å². The van der Waals surface area contributed by atoms with Gasteiger partial charge in [0.2, 0.25) is 0 Å². The number of rotatable bonds is 0. The molecular weight excluding hydrogens is 226 g/mol. The molecule has 0 fully saturated rings. The van der Waals surface area contributed by atoms with Crippen molar-refractivity contribution >= 4 is 36.5 Å². The zero-order valence-electron chi connectivity index (χ0n) is 7.16. The van der Waals surface area contributed by atoms with Crippen molar-refractivity contribution in [2.75, 3.05) is 0 Å². The molecule has 0 aromatic heterocycles. The van der Waals surface area contributed by atoms with Gasteiger partial charge in [0.15, 0.2) is 0 Å². The Bertz CT molecular complexity index is 291. The molecule has 0 aromatic rings. The van der Waals surface area contributed by atoms with Crippen LogP contribution in [-0.2, 0) is 0 Å². The summed E-state index contributed by atoms with van der Waals surface area (Å²) in [5, 5.41) is 29.6. The van der Waals surface area contributed by atoms with E-state index in [-0.39, 0.29) is 23.1 Å². The van der Waals surface area contributed by atoms with Gasteiger partial charge in [0.25, 0.3) is 0 Å². The predicted molar refractivity (Wildman–Crippen MR) is 44.1 cm³/mol. The molecule has 0 saturated carbocycles. The SMILES string of the molecule is N#C[B-](F)(F)C#N.N#C[B-](F)(F)C#N.[Mg+2]. The molecule has 0 bridgehead atoms. The maximum atomic E-state index is 11.2. The summed E-state index contributed by atoms with van der Waals surface area (Å²) in [6, 6.07) is 0. The van der Waals surface area contributed by atoms with Crippen LogP contribution in [0.1, 0.15) is 0 Å². The van der Waals surface area contributed by atoms with E-state index in [2.05, 4.69) is 0 Å². The van der Waals surface area contributed by atoms with Crippen LogP contribution in [0.25, 0.3) is 0 Å². The summed E-state index contributed by atoms with van der Waals surface area (Å²) in [6.45, 7) is -8.72. The summed E-state index contributed by atoms with van der Waals surface area (Å²) >= 11 is 0. The molecule has 0 saturated heterocycles. The Morgan fingerprint density at radius 3 is 0.733 bits per heavy atom. The fourth-order valence-electron chi connectivity index (χ4n) is 0.0577. The molecule has 0 aliphatic rings. The van der Waals surface area contributed by atoms with E-state index in [4.69, 9.17) is 21.0 Å². The van der Waals surface area contributed by atoms with Gasteiger partial charge in [-0.15, -0.1) is 0 Å². The molecule has 0 aliphatic heterocycles. The summed E-state index contributed by atoms with van der Waals surface area (Å²) in [5.74, 6) is 2.24. The van der Waals surface area contributed by atoms with Gasteiger partial charge in [-0.25, -0.2) is 21.0 Å². The van der Waals surface area contributed by atoms with Gasteiger partial charge in [-0.1, -0.05) is 23.9 Å². The monoisotopic (exact) mass is 226 g/mol. The van der Waals surface area contributed by atoms with Crippen LogP contribution in [0.4, 0.5) is 17.3 Å². The van der Waals surface area contributed by atoms with Gasteiger partial charge in [0.1, 0.15) is 0 Å². The standard InChI is InChI=1S/2C2BF2N2.Mg/c2*4-3(5,1-6)2-7;/q2*-1;+2. The fraction of sp³-hybridized carbons (Fsp3) is 0. The Morgan fingerprint density at radius 2 is 0.733 bits per heavy atom. The van der Waals surface area contributed by atoms with Crippen molar-refractivity contribution in [1.82, 2.24) is 0 Å². The van der Waals surface area contributed by atoms with Crippen LogP contribution in [0, 0.1) is 44.9 Å². The number of nitrogens with zero attached hydrogens (tertiary/aromatic N) is 4. The normalized spacial score (nSPS) is 8.53. The van der Waals surface area contributed by atoms with Gasteiger partial charge < -0.3 is 17.3 Å². The minimum absolute atomic E-state index is 0. The second-order valence-electron chi connectivity index (χ2n) is 1.84. The van der Waals surface area contributed by atoms with Crippen LogP contribution in [0.2, 0.25) is 0 Å². The van der Waals surface area contributed by atoms with E-state index in [0.29, 0.717) is 23.9 Å². The number of nitriles is 4. The third-order valence-corrected chi connectivity index (χ3v) is 0.649. The summed E-state index contributed by atoms with van der Waals surface area (Å²) in [5.41, 5.74) is 0. The van der Waals surface area contributed by atoms with Crippen molar-refractivity contribution in [2.45, 2.75) is 0 Å². The number of halogens is 4. The topological polar surface area (TPSA) is 95.2 Å². The van der Waals surface area contributed by atoms with Gasteiger partial charge in [-0.3, -0.25) is 0 Å². The summed E-state index contributed by atoms with van der Waals surface area (Å²) in [6.07, 6.45) is 0. The first-order valence-electron chi connectivity index (χ1n) is 2.92. The van der Waals surface area contributed by atoms with Gasteiger partial charge >= 0.3 is 36.5 Å². The molecule has 0 N–H and O–H groups in total. The summed E-state index contributed by atoms with van der Waals surface area (Å²) < 4.78 is 44.9. The molecule has 15 heavy (non-hydrogen) atoms. The van der Waals surface area contributed by atoms with Crippen LogP contribution >= 0.6 is 0 Å². The maximum absolute atomic E-state index is 11.2. The van der Waals surface area contributed by atoms with E-state index in [1.165, 1.54) is 0 Å². The Labute approximate surface area is 98.9 Å². The van der Waals surface area contributed by atoms with Crippen LogP contribution in [-0.4, -0.2) is 36.5 Å². The summed E-state index contributed by atoms with van der Waals surface area (Å²) in [7, 11) is 0. The minimum atomic E-state index is -4.36. The fourth-order valence-corrected chi connectivity index (χ4v) is 0.0577. The molecule has 0 aliphatic carbocycles. The second kappa shape index (κ2) is 7.93. The first-order chi connectivity index (χ1) is 6.24. The van der Waals surface area contributed by atoms with E-state index in [9.17, 15) is 17.3 Å². The molecule has 11 heteroatoms. The first-order valence-corrected chi connectivity index (χ1v) is 2.92. The largest absolute Gasteiger partial charge is 2.00 e. The second-order valence-corrected chi connectivity index (χ2v) is 1.84. The molecule has 0 unspecified atom stereocenters. The molecule has 0 spiro atoms. The predicted octanol–water partition coefficient (Wildman–Crippen LogP) is 0.606. The molecular formula is C4B2F4MgN4. The first kappa shape index (κ1) is 19.2. The van der Waals surface area contributed by atoms with Crippen molar-refractivity contribution in [2.24, 2.45) is 0 Å². The van der Waals surface area contributed by atoms with Crippen molar-refractivity contribution in [3.8, 4) is 23.9 Å². The van der Waals surface area contributed by atoms with Crippen molar-refractivity contribution in [1.29, 1.82) is 21.0 Å². The third-order valence-electron chi connectivity index (χ3n) is 0.649. The molecule has 0 aromatic carbocycles. The summed E-state index contributed by atoms with van der Waals surface area (Å²) in [4.78, 5) is 0. The average Bonchev–Trinajstić information content (AvgIpc) is 2.19. The Kier molecular flexibility index (Phi) is 10.2. The molecule has 0 rings (SSSR count). The van der Waals surface area contributed by atoms with Crippen LogP contribution in [0.5, 0.6) is 0 Å². The van der Waals surface area contributed by atoms with E-state index < -0.39 is 13.4 Å². The number of hydrogen-bond donors (Lipinski definition) is 0. The maximum Gasteiger partial charge on any atom is 2.00 e. The van der Waals surface area contributed by atoms with Crippen LogP contribution in [0.15, 0.2) is 0 Å². The van der Waals surface area contributed by atoms with Gasteiger partial charge in [-0.2, -0.15) is 0 Å². The van der Waals surface area contributed by atoms with Gasteiger partial charge in [-0.05, 0) is 0 Å². The van der Waals surface area contributed by atoms with Gasteiger partial charge in [0, 0.05) is 0 Å².